The van der Waals surface area contributed by atoms with Crippen molar-refractivity contribution in [3.8, 4) is 0 Å². The van der Waals surface area contributed by atoms with E-state index >= 15 is 0 Å². The number of urea groups is 1. The number of hydrogen-bond acceptors (Lipinski definition) is 2. The number of amides is 2. The summed E-state index contributed by atoms with van der Waals surface area (Å²) in [7, 11) is 3.50. The lowest BCUT2D eigenvalue weighted by Gasteiger charge is -2.33. The highest BCUT2D eigenvalue weighted by molar-refractivity contribution is 5.73. The van der Waals surface area contributed by atoms with E-state index in [1.807, 2.05) is 0 Å². The molecule has 1 saturated heterocycles. The van der Waals surface area contributed by atoms with Crippen LogP contribution < -0.4 is 10.6 Å². The minimum absolute atomic E-state index is 0.00817. The average Bonchev–Trinajstić information content (AvgIpc) is 1.96. The number of carbonyl (C=O) groups is 1. The Morgan fingerprint density at radius 3 is 2.69 bits per heavy atom. The van der Waals surface area contributed by atoms with Crippen LogP contribution in [0.4, 0.5) is 4.79 Å². The highest BCUT2D eigenvalue weighted by atomic mass is 16.2. The molecule has 0 bridgehead atoms. The first-order valence-electron chi connectivity index (χ1n) is 4.80. The van der Waals surface area contributed by atoms with Gasteiger partial charge in [0.05, 0.1) is 0 Å². The van der Waals surface area contributed by atoms with Gasteiger partial charge in [-0.05, 0) is 18.9 Å². The van der Waals surface area contributed by atoms with Crippen LogP contribution in [0.3, 0.4) is 0 Å². The minimum Gasteiger partial charge on any atom is -0.338 e. The van der Waals surface area contributed by atoms with Crippen molar-refractivity contribution in [3.63, 3.8) is 0 Å². The van der Waals surface area contributed by atoms with Crippen LogP contribution in [0.1, 0.15) is 13.3 Å². The molecule has 2 amide bonds. The Morgan fingerprint density at radius 1 is 1.69 bits per heavy atom. The first-order valence-corrected chi connectivity index (χ1v) is 4.80. The molecule has 4 nitrogen and oxygen atoms in total. The van der Waals surface area contributed by atoms with Gasteiger partial charge >= 0.3 is 6.03 Å². The van der Waals surface area contributed by atoms with Gasteiger partial charge in [-0.25, -0.2) is 4.79 Å². The summed E-state index contributed by atoms with van der Waals surface area (Å²) in [6.07, 6.45) is 1.24. The largest absolute Gasteiger partial charge is 0.338 e. The lowest BCUT2D eigenvalue weighted by Crippen LogP contribution is -2.50. The molecule has 13 heavy (non-hydrogen) atoms. The molecular weight excluding hydrogens is 166 g/mol. The molecule has 2 unspecified atom stereocenters. The zero-order valence-electron chi connectivity index (χ0n) is 8.63. The highest BCUT2D eigenvalue weighted by Gasteiger charge is 2.23. The number of carbonyl (C=O) groups excluding carboxylic acids is 1. The highest BCUT2D eigenvalue weighted by Crippen LogP contribution is 2.12. The van der Waals surface area contributed by atoms with Gasteiger partial charge in [0.1, 0.15) is 0 Å². The Labute approximate surface area is 79.7 Å². The molecule has 0 aromatic carbocycles. The Hall–Kier alpha value is -0.770. The lowest BCUT2D eigenvalue weighted by molar-refractivity contribution is 0.210. The van der Waals surface area contributed by atoms with Gasteiger partial charge in [-0.3, -0.25) is 0 Å². The maximum absolute atomic E-state index is 11.2. The molecule has 4 heteroatoms. The van der Waals surface area contributed by atoms with Gasteiger partial charge in [0.2, 0.25) is 0 Å². The fourth-order valence-electron chi connectivity index (χ4n) is 1.35. The van der Waals surface area contributed by atoms with Crippen LogP contribution in [0.5, 0.6) is 0 Å². The van der Waals surface area contributed by atoms with Gasteiger partial charge in [0.15, 0.2) is 0 Å². The van der Waals surface area contributed by atoms with Crippen LogP contribution >= 0.6 is 0 Å². The van der Waals surface area contributed by atoms with Gasteiger partial charge in [0, 0.05) is 26.7 Å². The van der Waals surface area contributed by atoms with E-state index in [2.05, 4.69) is 17.6 Å². The van der Waals surface area contributed by atoms with Crippen molar-refractivity contribution in [3.05, 3.63) is 0 Å². The Balaban J connectivity index is 2.13. The molecule has 0 aliphatic carbocycles. The fourth-order valence-corrected chi connectivity index (χ4v) is 1.35. The molecule has 0 radical (unpaired) electrons. The average molecular weight is 185 g/mol. The smallest absolute Gasteiger partial charge is 0.316 e. The van der Waals surface area contributed by atoms with E-state index in [0.717, 1.165) is 13.1 Å². The Bertz CT molecular complexity index is 178. The zero-order chi connectivity index (χ0) is 9.84. The third kappa shape index (κ3) is 2.88. The normalized spacial score (nSPS) is 23.2. The molecule has 1 heterocycles. The summed E-state index contributed by atoms with van der Waals surface area (Å²) in [5, 5.41) is 6.21. The maximum atomic E-state index is 11.2. The second kappa shape index (κ2) is 4.46. The Kier molecular flexibility index (Phi) is 3.54. The molecule has 2 N–H and O–H groups in total. The van der Waals surface area contributed by atoms with Crippen LogP contribution in [-0.4, -0.2) is 44.2 Å². The van der Waals surface area contributed by atoms with Crippen LogP contribution in [-0.2, 0) is 0 Å². The van der Waals surface area contributed by atoms with Crippen LogP contribution in [0.15, 0.2) is 0 Å². The molecule has 0 spiro atoms. The predicted octanol–water partition coefficient (Wildman–Crippen LogP) is 0.256. The van der Waals surface area contributed by atoms with Crippen molar-refractivity contribution in [2.45, 2.75) is 19.4 Å². The van der Waals surface area contributed by atoms with Crippen LogP contribution in [0.25, 0.3) is 0 Å². The summed E-state index contributed by atoms with van der Waals surface area (Å²) >= 11 is 0. The van der Waals surface area contributed by atoms with Gasteiger partial charge in [0.25, 0.3) is 0 Å². The van der Waals surface area contributed by atoms with Crippen molar-refractivity contribution >= 4 is 6.03 Å². The molecule has 0 saturated carbocycles. The summed E-state index contributed by atoms with van der Waals surface area (Å²) in [5.41, 5.74) is 0. The SMILES string of the molecule is CC(CNC(=O)N(C)C)C1CCN1. The topological polar surface area (TPSA) is 44.4 Å². The monoisotopic (exact) mass is 185 g/mol. The summed E-state index contributed by atoms with van der Waals surface area (Å²) in [6, 6.07) is 0.591. The number of hydrogen-bond donors (Lipinski definition) is 2. The first-order chi connectivity index (χ1) is 6.11. The summed E-state index contributed by atoms with van der Waals surface area (Å²) < 4.78 is 0. The van der Waals surface area contributed by atoms with Gasteiger partial charge in [-0.15, -0.1) is 0 Å². The Morgan fingerprint density at radius 2 is 2.31 bits per heavy atom. The second-order valence-electron chi connectivity index (χ2n) is 3.91. The van der Waals surface area contributed by atoms with Gasteiger partial charge in [-0.1, -0.05) is 6.92 Å². The third-order valence-corrected chi connectivity index (χ3v) is 2.53. The minimum atomic E-state index is -0.00817. The fraction of sp³-hybridized carbons (Fsp3) is 0.889. The molecule has 1 fully saturated rings. The van der Waals surface area contributed by atoms with E-state index < -0.39 is 0 Å². The summed E-state index contributed by atoms with van der Waals surface area (Å²) in [5.74, 6) is 0.526. The van der Waals surface area contributed by atoms with Crippen molar-refractivity contribution in [1.29, 1.82) is 0 Å². The van der Waals surface area contributed by atoms with E-state index in [1.54, 1.807) is 19.0 Å². The molecule has 1 aliphatic rings. The van der Waals surface area contributed by atoms with Gasteiger partial charge in [-0.2, -0.15) is 0 Å². The maximum Gasteiger partial charge on any atom is 0.316 e. The lowest BCUT2D eigenvalue weighted by atomic mass is 9.93. The molecule has 0 aromatic rings. The molecule has 1 rings (SSSR count). The predicted molar refractivity (Wildman–Crippen MR) is 52.7 cm³/mol. The number of nitrogens with zero attached hydrogens (tertiary/aromatic N) is 1. The van der Waals surface area contributed by atoms with E-state index in [1.165, 1.54) is 6.42 Å². The molecule has 76 valence electrons. The van der Waals surface area contributed by atoms with E-state index in [9.17, 15) is 4.79 Å². The van der Waals surface area contributed by atoms with Crippen molar-refractivity contribution in [2.75, 3.05) is 27.2 Å². The summed E-state index contributed by atoms with van der Waals surface area (Å²) in [6.45, 7) is 4.04. The number of rotatable bonds is 3. The number of nitrogens with one attached hydrogen (secondary N) is 2. The third-order valence-electron chi connectivity index (χ3n) is 2.53. The van der Waals surface area contributed by atoms with Crippen LogP contribution in [0.2, 0.25) is 0 Å². The molecule has 0 aromatic heterocycles. The standard InChI is InChI=1S/C9H19N3O/c1-7(8-4-5-10-8)6-11-9(13)12(2)3/h7-8,10H,4-6H2,1-3H3,(H,11,13). The van der Waals surface area contributed by atoms with E-state index in [4.69, 9.17) is 0 Å². The zero-order valence-corrected chi connectivity index (χ0v) is 8.63. The molecule has 1 aliphatic heterocycles. The summed E-state index contributed by atoms with van der Waals surface area (Å²) in [4.78, 5) is 12.7. The van der Waals surface area contributed by atoms with Gasteiger partial charge < -0.3 is 15.5 Å². The van der Waals surface area contributed by atoms with Crippen LogP contribution in [0, 0.1) is 5.92 Å². The van der Waals surface area contributed by atoms with Crippen molar-refractivity contribution in [1.82, 2.24) is 15.5 Å². The van der Waals surface area contributed by atoms with Crippen molar-refractivity contribution in [2.24, 2.45) is 5.92 Å². The quantitative estimate of drug-likeness (QED) is 0.662. The van der Waals surface area contributed by atoms with E-state index in [-0.39, 0.29) is 6.03 Å². The second-order valence-corrected chi connectivity index (χ2v) is 3.91. The molecular formula is C9H19N3O. The van der Waals surface area contributed by atoms with Crippen molar-refractivity contribution < 1.29 is 4.79 Å². The van der Waals surface area contributed by atoms with E-state index in [0.29, 0.717) is 12.0 Å². The first kappa shape index (κ1) is 10.3. The molecule has 2 atom stereocenters.